The number of amides is 1. The molecule has 6 rings (SSSR count). The zero-order valence-electron chi connectivity index (χ0n) is 23.1. The van der Waals surface area contributed by atoms with Crippen LogP contribution in [0.25, 0.3) is 28.1 Å². The highest BCUT2D eigenvalue weighted by atomic mass is 16.5. The molecular formula is C27H36N10O2. The van der Waals surface area contributed by atoms with E-state index >= 15 is 0 Å². The number of benzene rings is 1. The van der Waals surface area contributed by atoms with Crippen LogP contribution in [0, 0.1) is 6.92 Å². The van der Waals surface area contributed by atoms with Gasteiger partial charge in [0.25, 0.3) is 0 Å². The molecule has 0 saturated carbocycles. The number of carbonyl (C=O) groups is 1. The zero-order chi connectivity index (χ0) is 27.3. The van der Waals surface area contributed by atoms with E-state index in [2.05, 4.69) is 19.3 Å². The van der Waals surface area contributed by atoms with E-state index in [0.717, 1.165) is 78.9 Å². The average molecular weight is 533 g/mol. The van der Waals surface area contributed by atoms with Crippen molar-refractivity contribution in [3.8, 4) is 5.95 Å². The molecule has 1 aromatic carbocycles. The van der Waals surface area contributed by atoms with Gasteiger partial charge < -0.3 is 19.9 Å². The van der Waals surface area contributed by atoms with Gasteiger partial charge in [-0.15, -0.1) is 0 Å². The summed E-state index contributed by atoms with van der Waals surface area (Å²) in [7, 11) is 2.02. The number of rotatable bonds is 6. The largest absolute Gasteiger partial charge is 0.378 e. The van der Waals surface area contributed by atoms with Crippen molar-refractivity contribution in [2.24, 2.45) is 12.8 Å². The first kappa shape index (κ1) is 25.7. The van der Waals surface area contributed by atoms with Gasteiger partial charge in [0, 0.05) is 46.3 Å². The van der Waals surface area contributed by atoms with Gasteiger partial charge in [-0.25, -0.2) is 9.97 Å². The third-order valence-corrected chi connectivity index (χ3v) is 8.15. The highest BCUT2D eigenvalue weighted by Crippen LogP contribution is 2.29. The van der Waals surface area contributed by atoms with Crippen LogP contribution in [0.1, 0.15) is 25.5 Å². The number of nitrogens with two attached hydrogens (primary N) is 1. The van der Waals surface area contributed by atoms with Gasteiger partial charge in [-0.2, -0.15) is 9.97 Å². The number of ether oxygens (including phenoxy) is 1. The first-order chi connectivity index (χ1) is 18.7. The fourth-order valence-corrected chi connectivity index (χ4v) is 5.54. The number of carbonyl (C=O) groups excluding carboxylic acids is 1. The molecule has 2 aliphatic heterocycles. The smallest absolute Gasteiger partial charge is 0.239 e. The van der Waals surface area contributed by atoms with Gasteiger partial charge in [0.1, 0.15) is 11.6 Å². The molecule has 2 N–H and O–H groups in total. The van der Waals surface area contributed by atoms with Crippen LogP contribution in [0.3, 0.4) is 0 Å². The minimum Gasteiger partial charge on any atom is -0.378 e. The van der Waals surface area contributed by atoms with Gasteiger partial charge in [-0.1, -0.05) is 12.1 Å². The average Bonchev–Trinajstić information content (AvgIpc) is 3.44. The second kappa shape index (κ2) is 9.85. The summed E-state index contributed by atoms with van der Waals surface area (Å²) in [5.74, 6) is 2.89. The van der Waals surface area contributed by atoms with Crippen molar-refractivity contribution in [2.45, 2.75) is 32.9 Å². The van der Waals surface area contributed by atoms with E-state index in [1.54, 1.807) is 0 Å². The maximum Gasteiger partial charge on any atom is 0.239 e. The van der Waals surface area contributed by atoms with Gasteiger partial charge >= 0.3 is 0 Å². The molecule has 3 aromatic heterocycles. The number of aromatic nitrogens is 6. The Balaban J connectivity index is 1.37. The van der Waals surface area contributed by atoms with Gasteiger partial charge in [0.2, 0.25) is 11.9 Å². The third kappa shape index (κ3) is 4.52. The normalized spacial score (nSPS) is 17.9. The number of anilines is 1. The maximum absolute atomic E-state index is 11.9. The lowest BCUT2D eigenvalue weighted by Crippen LogP contribution is -2.59. The van der Waals surface area contributed by atoms with E-state index in [9.17, 15) is 4.79 Å². The van der Waals surface area contributed by atoms with Crippen LogP contribution in [-0.4, -0.2) is 103 Å². The molecule has 1 amide bonds. The van der Waals surface area contributed by atoms with Gasteiger partial charge in [0.15, 0.2) is 17.0 Å². The first-order valence-electron chi connectivity index (χ1n) is 13.5. The number of primary amides is 1. The van der Waals surface area contributed by atoms with Crippen molar-refractivity contribution in [3.63, 3.8) is 0 Å². The highest BCUT2D eigenvalue weighted by molar-refractivity contribution is 5.86. The number of morpholine rings is 1. The molecule has 5 heterocycles. The molecule has 206 valence electrons. The minimum atomic E-state index is -0.654. The summed E-state index contributed by atoms with van der Waals surface area (Å²) in [5.41, 5.74) is 8.47. The number of para-hydroxylation sites is 2. The second-order valence-corrected chi connectivity index (χ2v) is 10.9. The molecule has 0 aliphatic carbocycles. The lowest BCUT2D eigenvalue weighted by Gasteiger charge is -2.42. The predicted molar refractivity (Wildman–Crippen MR) is 149 cm³/mol. The predicted octanol–water partition coefficient (Wildman–Crippen LogP) is 1.23. The Hall–Kier alpha value is -3.61. The van der Waals surface area contributed by atoms with Crippen molar-refractivity contribution >= 4 is 33.9 Å². The van der Waals surface area contributed by atoms with Crippen LogP contribution in [0.15, 0.2) is 24.3 Å². The molecule has 0 radical (unpaired) electrons. The van der Waals surface area contributed by atoms with Crippen molar-refractivity contribution in [1.29, 1.82) is 0 Å². The van der Waals surface area contributed by atoms with E-state index < -0.39 is 5.54 Å². The minimum absolute atomic E-state index is 0.294. The molecule has 2 aliphatic rings. The topological polar surface area (TPSA) is 123 Å². The maximum atomic E-state index is 11.9. The zero-order valence-corrected chi connectivity index (χ0v) is 23.1. The Kier molecular flexibility index (Phi) is 6.48. The molecule has 12 nitrogen and oxygen atoms in total. The van der Waals surface area contributed by atoms with Crippen LogP contribution in [0.5, 0.6) is 0 Å². The van der Waals surface area contributed by atoms with Crippen molar-refractivity contribution < 1.29 is 9.53 Å². The SMILES string of the molecule is Cc1nc2ccccc2n1-c1nc(N2CCOCC2)c2nc(CN3CCN(C(C)(C)C(N)=O)CC3)n(C)c2n1. The van der Waals surface area contributed by atoms with Crippen LogP contribution < -0.4 is 10.6 Å². The standard InChI is InChI=1S/C27H36N10O2/c1-18-29-19-7-5-6-8-20(19)37(18)26-31-23-22(24(32-26)35-13-15-39-16-14-35)30-21(33(23)4)17-34-9-11-36(12-10-34)27(2,3)25(28)38/h5-8H,9-17H2,1-4H3,(H2,28,38). The monoisotopic (exact) mass is 532 g/mol. The second-order valence-electron chi connectivity index (χ2n) is 10.9. The molecule has 2 saturated heterocycles. The Morgan fingerprint density at radius 2 is 1.72 bits per heavy atom. The fourth-order valence-electron chi connectivity index (χ4n) is 5.54. The fraction of sp³-hybridized carbons (Fsp3) is 0.519. The van der Waals surface area contributed by atoms with E-state index in [4.69, 9.17) is 30.4 Å². The summed E-state index contributed by atoms with van der Waals surface area (Å²) < 4.78 is 9.72. The summed E-state index contributed by atoms with van der Waals surface area (Å²) in [6.07, 6.45) is 0. The van der Waals surface area contributed by atoms with Gasteiger partial charge in [-0.3, -0.25) is 19.2 Å². The summed E-state index contributed by atoms with van der Waals surface area (Å²) >= 11 is 0. The lowest BCUT2D eigenvalue weighted by molar-refractivity contribution is -0.129. The summed E-state index contributed by atoms with van der Waals surface area (Å²) in [6, 6.07) is 8.05. The third-order valence-electron chi connectivity index (χ3n) is 8.15. The molecule has 0 unspecified atom stereocenters. The number of nitrogens with zero attached hydrogens (tertiary/aromatic N) is 9. The van der Waals surface area contributed by atoms with Crippen molar-refractivity contribution in [1.82, 2.24) is 38.9 Å². The number of hydrogen-bond donors (Lipinski definition) is 1. The highest BCUT2D eigenvalue weighted by Gasteiger charge is 2.35. The number of aryl methyl sites for hydroxylation is 2. The summed E-state index contributed by atoms with van der Waals surface area (Å²) in [5, 5.41) is 0. The van der Waals surface area contributed by atoms with Crippen LogP contribution in [0.2, 0.25) is 0 Å². The first-order valence-corrected chi connectivity index (χ1v) is 13.5. The number of fused-ring (bicyclic) bond motifs is 2. The lowest BCUT2D eigenvalue weighted by atomic mass is 10.0. The van der Waals surface area contributed by atoms with Crippen LogP contribution in [-0.2, 0) is 23.1 Å². The van der Waals surface area contributed by atoms with Crippen LogP contribution >= 0.6 is 0 Å². The van der Waals surface area contributed by atoms with Gasteiger partial charge in [-0.05, 0) is 32.9 Å². The molecular weight excluding hydrogens is 496 g/mol. The Morgan fingerprint density at radius 3 is 2.44 bits per heavy atom. The molecule has 4 aromatic rings. The Morgan fingerprint density at radius 1 is 1.00 bits per heavy atom. The van der Waals surface area contributed by atoms with E-state index in [1.165, 1.54) is 0 Å². The number of hydrogen-bond acceptors (Lipinski definition) is 9. The van der Waals surface area contributed by atoms with Crippen molar-refractivity contribution in [2.75, 3.05) is 57.4 Å². The molecule has 12 heteroatoms. The molecule has 0 spiro atoms. The number of imidazole rings is 2. The van der Waals surface area contributed by atoms with E-state index in [-0.39, 0.29) is 5.91 Å². The number of piperazine rings is 1. The van der Waals surface area contributed by atoms with Crippen molar-refractivity contribution in [3.05, 3.63) is 35.9 Å². The van der Waals surface area contributed by atoms with Gasteiger partial charge in [0.05, 0.1) is 36.3 Å². The van der Waals surface area contributed by atoms with Crippen LogP contribution in [0.4, 0.5) is 5.82 Å². The molecule has 39 heavy (non-hydrogen) atoms. The van der Waals surface area contributed by atoms with E-state index in [0.29, 0.717) is 25.7 Å². The van der Waals surface area contributed by atoms with E-state index in [1.807, 2.05) is 56.7 Å². The molecule has 2 fully saturated rings. The summed E-state index contributed by atoms with van der Waals surface area (Å²) in [6.45, 7) is 12.5. The quantitative estimate of drug-likeness (QED) is 0.390. The summed E-state index contributed by atoms with van der Waals surface area (Å²) in [4.78, 5) is 38.6. The molecule has 0 bridgehead atoms. The molecule has 0 atom stereocenters. The Bertz CT molecular complexity index is 1530. The Labute approximate surface area is 227 Å².